The van der Waals surface area contributed by atoms with E-state index in [2.05, 4.69) is 26.9 Å². The van der Waals surface area contributed by atoms with E-state index in [1.54, 1.807) is 31.3 Å². The molecule has 9 nitrogen and oxygen atoms in total. The van der Waals surface area contributed by atoms with Gasteiger partial charge in [0.15, 0.2) is 11.5 Å². The third-order valence-electron chi connectivity index (χ3n) is 4.60. The first kappa shape index (κ1) is 17.6. The number of carbonyl (C=O) groups is 2. The summed E-state index contributed by atoms with van der Waals surface area (Å²) in [5.41, 5.74) is 4.81. The maximum atomic E-state index is 12.0. The molecule has 1 atom stereocenters. The molecule has 1 fully saturated rings. The molecule has 140 valence electrons. The number of benzene rings is 1. The summed E-state index contributed by atoms with van der Waals surface area (Å²) < 4.78 is 1.48. The first-order chi connectivity index (χ1) is 13.4. The van der Waals surface area contributed by atoms with Gasteiger partial charge in [0.25, 0.3) is 11.8 Å². The van der Waals surface area contributed by atoms with E-state index in [9.17, 15) is 14.7 Å². The molecule has 0 radical (unpaired) electrons. The van der Waals surface area contributed by atoms with Crippen LogP contribution in [0.2, 0.25) is 0 Å². The first-order valence-corrected chi connectivity index (χ1v) is 8.50. The van der Waals surface area contributed by atoms with Crippen LogP contribution in [-0.2, 0) is 4.79 Å². The molecular weight excluding hydrogens is 360 g/mol. The largest absolute Gasteiger partial charge is 0.369 e. The summed E-state index contributed by atoms with van der Waals surface area (Å²) in [4.78, 5) is 33.4. The maximum Gasteiger partial charge on any atom is 0.269 e. The van der Waals surface area contributed by atoms with Gasteiger partial charge < -0.3 is 15.7 Å². The van der Waals surface area contributed by atoms with Crippen molar-refractivity contribution in [2.45, 2.75) is 12.0 Å². The van der Waals surface area contributed by atoms with Gasteiger partial charge in [0.05, 0.1) is 5.52 Å². The molecule has 0 aliphatic carbocycles. The Morgan fingerprint density at radius 3 is 2.82 bits per heavy atom. The summed E-state index contributed by atoms with van der Waals surface area (Å²) >= 11 is 0. The van der Waals surface area contributed by atoms with Crippen molar-refractivity contribution < 1.29 is 14.7 Å². The zero-order chi connectivity index (χ0) is 19.9. The van der Waals surface area contributed by atoms with Gasteiger partial charge in [-0.1, -0.05) is 24.1 Å². The number of para-hydroxylation sites is 1. The lowest BCUT2D eigenvalue weighted by Crippen LogP contribution is -2.37. The van der Waals surface area contributed by atoms with E-state index in [-0.39, 0.29) is 12.1 Å². The molecule has 1 aliphatic heterocycles. The Labute approximate surface area is 159 Å². The number of aromatic nitrogens is 4. The standard InChI is InChI=1S/C19H16N6O3/c1-24-9-8-19(28,18(24)27)7-6-12-10-15(22-11-21-12)25-14-5-3-2-4-13(14)16(23-25)17(20)26/h2-5,10-11,28H,8-9H2,1H3,(H2,20,26)/t19-/m0/s1. The van der Waals surface area contributed by atoms with Gasteiger partial charge in [-0.25, -0.2) is 14.6 Å². The fourth-order valence-electron chi connectivity index (χ4n) is 3.09. The number of amides is 2. The normalized spacial score (nSPS) is 18.9. The van der Waals surface area contributed by atoms with Crippen LogP contribution in [0.4, 0.5) is 0 Å². The number of carbonyl (C=O) groups excluding carboxylic acids is 2. The van der Waals surface area contributed by atoms with E-state index in [0.717, 1.165) is 0 Å². The smallest absolute Gasteiger partial charge is 0.269 e. The Bertz CT molecular complexity index is 1180. The molecule has 28 heavy (non-hydrogen) atoms. The van der Waals surface area contributed by atoms with Crippen molar-refractivity contribution in [1.29, 1.82) is 0 Å². The highest BCUT2D eigenvalue weighted by atomic mass is 16.3. The van der Waals surface area contributed by atoms with Gasteiger partial charge in [0.1, 0.15) is 12.0 Å². The van der Waals surface area contributed by atoms with E-state index >= 15 is 0 Å². The van der Waals surface area contributed by atoms with Crippen LogP contribution in [-0.4, -0.2) is 60.8 Å². The second-order valence-corrected chi connectivity index (χ2v) is 6.49. The van der Waals surface area contributed by atoms with Gasteiger partial charge >= 0.3 is 0 Å². The van der Waals surface area contributed by atoms with E-state index in [1.807, 2.05) is 6.07 Å². The van der Waals surface area contributed by atoms with Crippen LogP contribution in [0.1, 0.15) is 22.6 Å². The summed E-state index contributed by atoms with van der Waals surface area (Å²) in [6.45, 7) is 0.439. The van der Waals surface area contributed by atoms with E-state index in [1.165, 1.54) is 15.9 Å². The van der Waals surface area contributed by atoms with Crippen LogP contribution < -0.4 is 5.73 Å². The van der Waals surface area contributed by atoms with Crippen molar-refractivity contribution in [2.75, 3.05) is 13.6 Å². The molecule has 1 saturated heterocycles. The molecule has 1 aliphatic rings. The third-order valence-corrected chi connectivity index (χ3v) is 4.60. The van der Waals surface area contributed by atoms with Crippen LogP contribution in [0.25, 0.3) is 16.7 Å². The minimum Gasteiger partial charge on any atom is -0.369 e. The molecule has 9 heteroatoms. The van der Waals surface area contributed by atoms with Gasteiger partial charge in [-0.05, 0) is 12.0 Å². The number of hydrogen-bond donors (Lipinski definition) is 2. The topological polar surface area (TPSA) is 127 Å². The van der Waals surface area contributed by atoms with E-state index in [4.69, 9.17) is 5.73 Å². The van der Waals surface area contributed by atoms with Crippen LogP contribution >= 0.6 is 0 Å². The SMILES string of the molecule is CN1CC[C@@](O)(C#Cc2cc(-n3nc(C(N)=O)c4ccccc43)ncn2)C1=O. The van der Waals surface area contributed by atoms with Gasteiger partial charge in [-0.2, -0.15) is 5.10 Å². The number of likely N-dealkylation sites (N-methyl/N-ethyl adjacent to an activating group) is 1. The molecule has 0 spiro atoms. The number of nitrogens with zero attached hydrogens (tertiary/aromatic N) is 5. The molecule has 2 amide bonds. The Kier molecular flexibility index (Phi) is 4.05. The van der Waals surface area contributed by atoms with Crippen LogP contribution in [0.5, 0.6) is 0 Å². The average molecular weight is 376 g/mol. The van der Waals surface area contributed by atoms with Gasteiger partial charge in [-0.3, -0.25) is 9.59 Å². The van der Waals surface area contributed by atoms with Crippen molar-refractivity contribution in [3.8, 4) is 17.7 Å². The number of aliphatic hydroxyl groups is 1. The molecule has 3 N–H and O–H groups in total. The summed E-state index contributed by atoms with van der Waals surface area (Å²) in [5, 5.41) is 15.3. The summed E-state index contributed by atoms with van der Waals surface area (Å²) in [6.07, 6.45) is 1.53. The summed E-state index contributed by atoms with van der Waals surface area (Å²) in [5.74, 6) is 4.65. The highest BCUT2D eigenvalue weighted by Crippen LogP contribution is 2.22. The number of fused-ring (bicyclic) bond motifs is 1. The fourth-order valence-corrected chi connectivity index (χ4v) is 3.09. The second kappa shape index (κ2) is 6.44. The van der Waals surface area contributed by atoms with Crippen molar-refractivity contribution in [2.24, 2.45) is 5.73 Å². The summed E-state index contributed by atoms with van der Waals surface area (Å²) in [6, 6.07) is 8.69. The van der Waals surface area contributed by atoms with E-state index in [0.29, 0.717) is 29.0 Å². The minimum atomic E-state index is -1.71. The molecule has 3 heterocycles. The molecule has 4 rings (SSSR count). The zero-order valence-electron chi connectivity index (χ0n) is 15.0. The third kappa shape index (κ3) is 2.86. The van der Waals surface area contributed by atoms with E-state index < -0.39 is 17.4 Å². The minimum absolute atomic E-state index is 0.135. The maximum absolute atomic E-state index is 12.0. The average Bonchev–Trinajstić information content (AvgIpc) is 3.21. The number of nitrogens with two attached hydrogens (primary N) is 1. The Morgan fingerprint density at radius 2 is 2.11 bits per heavy atom. The quantitative estimate of drug-likeness (QED) is 0.599. The lowest BCUT2D eigenvalue weighted by molar-refractivity contribution is -0.137. The number of rotatable bonds is 2. The van der Waals surface area contributed by atoms with Crippen LogP contribution in [0.3, 0.4) is 0 Å². The second-order valence-electron chi connectivity index (χ2n) is 6.49. The Hall–Kier alpha value is -3.77. The number of hydrogen-bond acceptors (Lipinski definition) is 6. The van der Waals surface area contributed by atoms with Crippen molar-refractivity contribution in [3.05, 3.63) is 48.0 Å². The Morgan fingerprint density at radius 1 is 1.32 bits per heavy atom. The predicted octanol–water partition coefficient (Wildman–Crippen LogP) is -0.141. The Balaban J connectivity index is 1.76. The molecule has 2 aromatic heterocycles. The molecular formula is C19H16N6O3. The predicted molar refractivity (Wildman–Crippen MR) is 99.3 cm³/mol. The van der Waals surface area contributed by atoms with Gasteiger partial charge in [-0.15, -0.1) is 0 Å². The number of primary amides is 1. The first-order valence-electron chi connectivity index (χ1n) is 8.50. The van der Waals surface area contributed by atoms with Gasteiger partial charge in [0, 0.05) is 31.5 Å². The van der Waals surface area contributed by atoms with Crippen molar-refractivity contribution >= 4 is 22.7 Å². The van der Waals surface area contributed by atoms with Crippen LogP contribution in [0, 0.1) is 11.8 Å². The zero-order valence-corrected chi connectivity index (χ0v) is 15.0. The van der Waals surface area contributed by atoms with Crippen molar-refractivity contribution in [3.63, 3.8) is 0 Å². The van der Waals surface area contributed by atoms with Crippen LogP contribution in [0.15, 0.2) is 36.7 Å². The number of likely N-dealkylation sites (tertiary alicyclic amines) is 1. The molecule has 0 unspecified atom stereocenters. The molecule has 3 aromatic rings. The lowest BCUT2D eigenvalue weighted by Gasteiger charge is -2.13. The molecule has 1 aromatic carbocycles. The molecule has 0 saturated carbocycles. The molecule has 0 bridgehead atoms. The van der Waals surface area contributed by atoms with Crippen molar-refractivity contribution in [1.82, 2.24) is 24.6 Å². The highest BCUT2D eigenvalue weighted by molar-refractivity contribution is 6.04. The lowest BCUT2D eigenvalue weighted by atomic mass is 10.0. The monoisotopic (exact) mass is 376 g/mol. The fraction of sp³-hybridized carbons (Fsp3) is 0.211. The summed E-state index contributed by atoms with van der Waals surface area (Å²) in [7, 11) is 1.61. The van der Waals surface area contributed by atoms with Gasteiger partial charge in [0.2, 0.25) is 5.60 Å². The highest BCUT2D eigenvalue weighted by Gasteiger charge is 2.42.